The molecule has 2 aromatic carbocycles. The number of carbonyl (C=O) groups excluding carboxylic acids is 2. The Kier molecular flexibility index (Phi) is 6.28. The molecule has 1 aliphatic rings. The van der Waals surface area contributed by atoms with E-state index < -0.39 is 0 Å². The van der Waals surface area contributed by atoms with E-state index in [0.717, 1.165) is 24.2 Å². The first-order valence-corrected chi connectivity index (χ1v) is 9.65. The van der Waals surface area contributed by atoms with Gasteiger partial charge in [-0.2, -0.15) is 0 Å². The van der Waals surface area contributed by atoms with E-state index in [9.17, 15) is 14.0 Å². The Labute approximate surface area is 156 Å². The number of nitrogens with zero attached hydrogens (tertiary/aromatic N) is 1. The molecule has 2 aromatic rings. The zero-order valence-electron chi connectivity index (χ0n) is 14.4. The highest BCUT2D eigenvalue weighted by Crippen LogP contribution is 2.22. The molecule has 1 fully saturated rings. The van der Waals surface area contributed by atoms with Crippen LogP contribution in [0.5, 0.6) is 0 Å². The van der Waals surface area contributed by atoms with Crippen LogP contribution in [-0.2, 0) is 16.1 Å². The summed E-state index contributed by atoms with van der Waals surface area (Å²) in [5.74, 6) is 0.378. The number of halogens is 1. The summed E-state index contributed by atoms with van der Waals surface area (Å²) in [6, 6.07) is 14.2. The van der Waals surface area contributed by atoms with Gasteiger partial charge in [-0.3, -0.25) is 9.59 Å². The molecule has 1 N–H and O–H groups in total. The number of hydrogen-bond donors (Lipinski definition) is 1. The molecule has 26 heavy (non-hydrogen) atoms. The average Bonchev–Trinajstić information content (AvgIpc) is 3.08. The molecule has 2 amide bonds. The largest absolute Gasteiger partial charge is 0.352 e. The summed E-state index contributed by atoms with van der Waals surface area (Å²) in [4.78, 5) is 26.0. The summed E-state index contributed by atoms with van der Waals surface area (Å²) >= 11 is 1.34. The lowest BCUT2D eigenvalue weighted by molar-refractivity contribution is -0.121. The van der Waals surface area contributed by atoms with Crippen LogP contribution in [0.4, 0.5) is 10.1 Å². The first kappa shape index (κ1) is 18.5. The first-order chi connectivity index (χ1) is 12.6. The van der Waals surface area contributed by atoms with E-state index in [-0.39, 0.29) is 17.6 Å². The lowest BCUT2D eigenvalue weighted by atomic mass is 10.2. The molecular weight excluding hydrogens is 351 g/mol. The summed E-state index contributed by atoms with van der Waals surface area (Å²) in [5, 5.41) is 2.87. The monoisotopic (exact) mass is 372 g/mol. The fraction of sp³-hybridized carbons (Fsp3) is 0.300. The van der Waals surface area contributed by atoms with Crippen LogP contribution in [0.2, 0.25) is 0 Å². The minimum atomic E-state index is -0.255. The van der Waals surface area contributed by atoms with Crippen molar-refractivity contribution in [2.24, 2.45) is 0 Å². The average molecular weight is 372 g/mol. The predicted molar refractivity (Wildman–Crippen MR) is 102 cm³/mol. The van der Waals surface area contributed by atoms with Gasteiger partial charge in [-0.15, -0.1) is 11.8 Å². The molecule has 0 bridgehead atoms. The highest BCUT2D eigenvalue weighted by molar-refractivity contribution is 7.99. The number of nitrogens with one attached hydrogen (secondary N) is 1. The van der Waals surface area contributed by atoms with Crippen molar-refractivity contribution >= 4 is 29.3 Å². The second kappa shape index (κ2) is 8.85. The van der Waals surface area contributed by atoms with Crippen LogP contribution >= 0.6 is 11.8 Å². The minimum absolute atomic E-state index is 0.0624. The Morgan fingerprint density at radius 2 is 1.92 bits per heavy atom. The molecular formula is C20H21FN2O2S. The maximum atomic E-state index is 13.5. The van der Waals surface area contributed by atoms with E-state index in [0.29, 0.717) is 30.0 Å². The lowest BCUT2D eigenvalue weighted by Gasteiger charge is -2.16. The van der Waals surface area contributed by atoms with Crippen molar-refractivity contribution in [3.63, 3.8) is 0 Å². The van der Waals surface area contributed by atoms with Crippen molar-refractivity contribution < 1.29 is 14.0 Å². The van der Waals surface area contributed by atoms with Crippen molar-refractivity contribution in [2.75, 3.05) is 17.2 Å². The molecule has 136 valence electrons. The predicted octanol–water partition coefficient (Wildman–Crippen LogP) is 3.75. The van der Waals surface area contributed by atoms with Crippen LogP contribution in [0.15, 0.2) is 53.4 Å². The number of thioether (sulfide) groups is 1. The van der Waals surface area contributed by atoms with Gasteiger partial charge in [-0.25, -0.2) is 4.39 Å². The van der Waals surface area contributed by atoms with E-state index in [1.54, 1.807) is 23.1 Å². The molecule has 1 aliphatic heterocycles. The lowest BCUT2D eigenvalue weighted by Crippen LogP contribution is -2.24. The standard InChI is InChI=1S/C20H21FN2O2S/c21-17-4-1-2-5-18(17)26-13-11-19(24)22-14-15-7-9-16(10-8-15)23-12-3-6-20(23)25/h1-2,4-5,7-10H,3,6,11-14H2,(H,22,24). The highest BCUT2D eigenvalue weighted by atomic mass is 32.2. The molecule has 0 unspecified atom stereocenters. The van der Waals surface area contributed by atoms with Gasteiger partial charge in [0, 0.05) is 42.3 Å². The summed E-state index contributed by atoms with van der Waals surface area (Å²) < 4.78 is 13.5. The minimum Gasteiger partial charge on any atom is -0.352 e. The maximum absolute atomic E-state index is 13.5. The molecule has 0 atom stereocenters. The van der Waals surface area contributed by atoms with E-state index in [4.69, 9.17) is 0 Å². The zero-order valence-corrected chi connectivity index (χ0v) is 15.2. The Hall–Kier alpha value is -2.34. The van der Waals surface area contributed by atoms with Crippen molar-refractivity contribution in [1.82, 2.24) is 5.32 Å². The number of amides is 2. The van der Waals surface area contributed by atoms with Gasteiger partial charge in [0.1, 0.15) is 5.82 Å². The normalized spacial score (nSPS) is 13.9. The number of hydrogen-bond acceptors (Lipinski definition) is 3. The molecule has 0 spiro atoms. The number of benzene rings is 2. The second-order valence-electron chi connectivity index (χ2n) is 6.12. The van der Waals surface area contributed by atoms with Crippen molar-refractivity contribution in [1.29, 1.82) is 0 Å². The van der Waals surface area contributed by atoms with Crippen molar-refractivity contribution in [3.8, 4) is 0 Å². The fourth-order valence-corrected chi connectivity index (χ4v) is 3.71. The van der Waals surface area contributed by atoms with Gasteiger partial charge in [0.15, 0.2) is 0 Å². The summed E-state index contributed by atoms with van der Waals surface area (Å²) in [6.45, 7) is 1.21. The van der Waals surface area contributed by atoms with Crippen LogP contribution in [0.25, 0.3) is 0 Å². The molecule has 4 nitrogen and oxygen atoms in total. The molecule has 0 radical (unpaired) electrons. The third-order valence-corrected chi connectivity index (χ3v) is 5.28. The summed E-state index contributed by atoms with van der Waals surface area (Å²) in [6.07, 6.45) is 1.85. The second-order valence-corrected chi connectivity index (χ2v) is 7.26. The Balaban J connectivity index is 1.41. The molecule has 1 saturated heterocycles. The van der Waals surface area contributed by atoms with E-state index in [1.807, 2.05) is 24.3 Å². The Morgan fingerprint density at radius 1 is 1.15 bits per heavy atom. The van der Waals surface area contributed by atoms with Crippen LogP contribution in [0.1, 0.15) is 24.8 Å². The van der Waals surface area contributed by atoms with Gasteiger partial charge in [-0.1, -0.05) is 24.3 Å². The van der Waals surface area contributed by atoms with Crippen LogP contribution in [0, 0.1) is 5.82 Å². The van der Waals surface area contributed by atoms with Gasteiger partial charge in [0.25, 0.3) is 0 Å². The molecule has 6 heteroatoms. The van der Waals surface area contributed by atoms with Gasteiger partial charge in [0.2, 0.25) is 11.8 Å². The molecule has 0 aromatic heterocycles. The number of anilines is 1. The number of rotatable bonds is 7. The van der Waals surface area contributed by atoms with E-state index in [1.165, 1.54) is 17.8 Å². The van der Waals surface area contributed by atoms with E-state index in [2.05, 4.69) is 5.32 Å². The third-order valence-electron chi connectivity index (χ3n) is 4.23. The smallest absolute Gasteiger partial charge is 0.227 e. The van der Waals surface area contributed by atoms with Gasteiger partial charge in [0.05, 0.1) is 0 Å². The van der Waals surface area contributed by atoms with E-state index >= 15 is 0 Å². The third kappa shape index (κ3) is 4.85. The van der Waals surface area contributed by atoms with Crippen LogP contribution in [-0.4, -0.2) is 24.1 Å². The summed E-state index contributed by atoms with van der Waals surface area (Å²) in [5.41, 5.74) is 1.89. The van der Waals surface area contributed by atoms with Crippen molar-refractivity contribution in [3.05, 3.63) is 59.9 Å². The van der Waals surface area contributed by atoms with Gasteiger partial charge < -0.3 is 10.2 Å². The SMILES string of the molecule is O=C(CCSc1ccccc1F)NCc1ccc(N2CCCC2=O)cc1. The van der Waals surface area contributed by atoms with Crippen LogP contribution < -0.4 is 10.2 Å². The van der Waals surface area contributed by atoms with Gasteiger partial charge >= 0.3 is 0 Å². The van der Waals surface area contributed by atoms with Crippen LogP contribution in [0.3, 0.4) is 0 Å². The first-order valence-electron chi connectivity index (χ1n) is 8.67. The fourth-order valence-electron chi connectivity index (χ4n) is 2.82. The quantitative estimate of drug-likeness (QED) is 0.753. The zero-order chi connectivity index (χ0) is 18.4. The maximum Gasteiger partial charge on any atom is 0.227 e. The Morgan fingerprint density at radius 3 is 2.62 bits per heavy atom. The Bertz CT molecular complexity index is 780. The number of carbonyl (C=O) groups is 2. The summed E-state index contributed by atoms with van der Waals surface area (Å²) in [7, 11) is 0. The van der Waals surface area contributed by atoms with Crippen molar-refractivity contribution in [2.45, 2.75) is 30.7 Å². The molecule has 0 aliphatic carbocycles. The molecule has 1 heterocycles. The topological polar surface area (TPSA) is 49.4 Å². The molecule has 0 saturated carbocycles. The van der Waals surface area contributed by atoms with Gasteiger partial charge in [-0.05, 0) is 36.2 Å². The molecule has 3 rings (SSSR count). The highest BCUT2D eigenvalue weighted by Gasteiger charge is 2.21.